The number of rotatable bonds is 5. The van der Waals surface area contributed by atoms with Crippen LogP contribution in [0, 0.1) is 0 Å². The zero-order valence-electron chi connectivity index (χ0n) is 18.2. The fourth-order valence-electron chi connectivity index (χ4n) is 3.99. The molecule has 6 aromatic rings. The lowest BCUT2D eigenvalue weighted by molar-refractivity contribution is -0.115. The van der Waals surface area contributed by atoms with Crippen LogP contribution < -0.4 is 5.32 Å². The zero-order chi connectivity index (χ0) is 23.1. The number of aromatic nitrogens is 6. The van der Waals surface area contributed by atoms with Gasteiger partial charge in [0.25, 0.3) is 0 Å². The number of hydrogen-bond acceptors (Lipinski definition) is 6. The number of amides is 1. The number of carbonyl (C=O) groups excluding carboxylic acids is 1. The maximum absolute atomic E-state index is 11.8. The normalized spacial score (nSPS) is 11.3. The van der Waals surface area contributed by atoms with E-state index in [1.807, 2.05) is 37.5 Å². The van der Waals surface area contributed by atoms with Gasteiger partial charge in [-0.25, -0.2) is 4.98 Å². The Labute approximate surface area is 198 Å². The van der Waals surface area contributed by atoms with E-state index in [2.05, 4.69) is 53.0 Å². The average Bonchev–Trinajstić information content (AvgIpc) is 3.62. The van der Waals surface area contributed by atoms with Crippen LogP contribution in [0.5, 0.6) is 0 Å². The Morgan fingerprint density at radius 2 is 1.91 bits per heavy atom. The van der Waals surface area contributed by atoms with Gasteiger partial charge in [-0.15, -0.1) is 11.3 Å². The van der Waals surface area contributed by atoms with E-state index in [9.17, 15) is 4.79 Å². The number of carbonyl (C=O) groups is 1. The molecule has 0 aliphatic carbocycles. The minimum atomic E-state index is -0.0557. The van der Waals surface area contributed by atoms with Crippen molar-refractivity contribution in [3.63, 3.8) is 0 Å². The molecular weight excluding hydrogens is 446 g/mol. The summed E-state index contributed by atoms with van der Waals surface area (Å²) in [6, 6.07) is 10.2. The molecule has 0 atom stereocenters. The summed E-state index contributed by atoms with van der Waals surface area (Å²) in [5.41, 5.74) is 6.82. The van der Waals surface area contributed by atoms with Gasteiger partial charge in [-0.05, 0) is 29.6 Å². The number of thiophene rings is 1. The third kappa shape index (κ3) is 3.52. The predicted molar refractivity (Wildman–Crippen MR) is 134 cm³/mol. The van der Waals surface area contributed by atoms with Crippen LogP contribution >= 0.6 is 11.3 Å². The SMILES string of the molecule is CCC(=O)Nc1cncc(-c2cnc3n[nH]c(-c4cc5c(-c6cccs6)cncc5[nH]4)c3c2)c1. The van der Waals surface area contributed by atoms with Crippen LogP contribution in [0.1, 0.15) is 13.3 Å². The molecule has 0 aliphatic rings. The van der Waals surface area contributed by atoms with Crippen molar-refractivity contribution >= 4 is 44.9 Å². The van der Waals surface area contributed by atoms with E-state index in [4.69, 9.17) is 0 Å². The maximum atomic E-state index is 11.8. The number of anilines is 1. The van der Waals surface area contributed by atoms with Gasteiger partial charge in [0.2, 0.25) is 5.91 Å². The summed E-state index contributed by atoms with van der Waals surface area (Å²) in [6.45, 7) is 1.81. The second-order valence-corrected chi connectivity index (χ2v) is 8.81. The molecule has 0 spiro atoms. The molecule has 0 unspecified atom stereocenters. The lowest BCUT2D eigenvalue weighted by Crippen LogP contribution is -2.09. The molecule has 0 aliphatic heterocycles. The lowest BCUT2D eigenvalue weighted by atomic mass is 10.1. The first-order valence-electron chi connectivity index (χ1n) is 10.8. The first kappa shape index (κ1) is 20.3. The van der Waals surface area contributed by atoms with E-state index in [-0.39, 0.29) is 5.91 Å². The molecule has 6 rings (SSSR count). The molecule has 0 aromatic carbocycles. The summed E-state index contributed by atoms with van der Waals surface area (Å²) in [6.07, 6.45) is 9.29. The van der Waals surface area contributed by atoms with E-state index >= 15 is 0 Å². The number of nitrogens with zero attached hydrogens (tertiary/aromatic N) is 4. The Morgan fingerprint density at radius 1 is 1.03 bits per heavy atom. The second kappa shape index (κ2) is 8.20. The van der Waals surface area contributed by atoms with Gasteiger partial charge in [0, 0.05) is 57.4 Å². The number of fused-ring (bicyclic) bond motifs is 2. The number of H-pyrrole nitrogens is 2. The number of pyridine rings is 3. The van der Waals surface area contributed by atoms with Gasteiger partial charge < -0.3 is 10.3 Å². The van der Waals surface area contributed by atoms with Gasteiger partial charge in [-0.3, -0.25) is 19.9 Å². The van der Waals surface area contributed by atoms with Crippen molar-refractivity contribution in [2.45, 2.75) is 13.3 Å². The fourth-order valence-corrected chi connectivity index (χ4v) is 4.74. The van der Waals surface area contributed by atoms with Gasteiger partial charge in [0.05, 0.1) is 35.0 Å². The predicted octanol–water partition coefficient (Wildman–Crippen LogP) is 5.64. The zero-order valence-corrected chi connectivity index (χ0v) is 19.0. The molecule has 0 fully saturated rings. The molecule has 0 saturated heterocycles. The quantitative estimate of drug-likeness (QED) is 0.305. The van der Waals surface area contributed by atoms with Gasteiger partial charge >= 0.3 is 0 Å². The smallest absolute Gasteiger partial charge is 0.224 e. The third-order valence-electron chi connectivity index (χ3n) is 5.69. The number of nitrogens with one attached hydrogen (secondary N) is 3. The van der Waals surface area contributed by atoms with E-state index in [0.29, 0.717) is 17.8 Å². The highest BCUT2D eigenvalue weighted by molar-refractivity contribution is 7.13. The summed E-state index contributed by atoms with van der Waals surface area (Å²) in [5.74, 6) is -0.0557. The monoisotopic (exact) mass is 465 g/mol. The van der Waals surface area contributed by atoms with Crippen LogP contribution in [0.2, 0.25) is 0 Å². The van der Waals surface area contributed by atoms with Gasteiger partial charge in [-0.1, -0.05) is 13.0 Å². The maximum Gasteiger partial charge on any atom is 0.224 e. The Balaban J connectivity index is 1.43. The summed E-state index contributed by atoms with van der Waals surface area (Å²) < 4.78 is 0. The first-order valence-corrected chi connectivity index (χ1v) is 11.7. The summed E-state index contributed by atoms with van der Waals surface area (Å²) >= 11 is 1.69. The molecular formula is C25H19N7OS. The highest BCUT2D eigenvalue weighted by Crippen LogP contribution is 2.35. The highest BCUT2D eigenvalue weighted by Gasteiger charge is 2.15. The topological polar surface area (TPSA) is 112 Å². The van der Waals surface area contributed by atoms with Crippen molar-refractivity contribution in [3.05, 3.63) is 66.7 Å². The van der Waals surface area contributed by atoms with Crippen LogP contribution in [-0.2, 0) is 4.79 Å². The molecule has 3 N–H and O–H groups in total. The molecule has 0 saturated carbocycles. The highest BCUT2D eigenvalue weighted by atomic mass is 32.1. The summed E-state index contributed by atoms with van der Waals surface area (Å²) in [4.78, 5) is 29.7. The summed E-state index contributed by atoms with van der Waals surface area (Å²) in [5, 5.41) is 14.4. The van der Waals surface area contributed by atoms with Crippen LogP contribution in [0.4, 0.5) is 5.69 Å². The molecule has 166 valence electrons. The third-order valence-corrected chi connectivity index (χ3v) is 6.59. The minimum absolute atomic E-state index is 0.0557. The Kier molecular flexibility index (Phi) is 4.88. The lowest BCUT2D eigenvalue weighted by Gasteiger charge is -2.06. The van der Waals surface area contributed by atoms with Crippen LogP contribution in [0.25, 0.3) is 54.9 Å². The molecule has 6 aromatic heterocycles. The molecule has 0 bridgehead atoms. The Bertz CT molecular complexity index is 1650. The number of aromatic amines is 2. The fraction of sp³-hybridized carbons (Fsp3) is 0.0800. The first-order chi connectivity index (χ1) is 16.7. The van der Waals surface area contributed by atoms with Crippen molar-refractivity contribution in [1.29, 1.82) is 0 Å². The van der Waals surface area contributed by atoms with Gasteiger partial charge in [0.1, 0.15) is 0 Å². The second-order valence-electron chi connectivity index (χ2n) is 7.87. The van der Waals surface area contributed by atoms with E-state index in [0.717, 1.165) is 44.4 Å². The molecule has 0 radical (unpaired) electrons. The van der Waals surface area contributed by atoms with Crippen LogP contribution in [0.3, 0.4) is 0 Å². The van der Waals surface area contributed by atoms with Crippen LogP contribution in [0.15, 0.2) is 66.7 Å². The molecule has 34 heavy (non-hydrogen) atoms. The van der Waals surface area contributed by atoms with Gasteiger partial charge in [0.15, 0.2) is 5.65 Å². The number of hydrogen-bond donors (Lipinski definition) is 3. The largest absolute Gasteiger partial charge is 0.352 e. The van der Waals surface area contributed by atoms with Crippen molar-refractivity contribution < 1.29 is 4.79 Å². The van der Waals surface area contributed by atoms with Gasteiger partial charge in [-0.2, -0.15) is 5.10 Å². The standard InChI is InChI=1S/C25H19N7OS/c1-2-23(33)29-16-6-14(9-26-11-16)15-7-18-24(31-32-25(18)28-10-15)20-8-17-19(22-4-3-5-34-22)12-27-13-21(17)30-20/h3-13,30H,2H2,1H3,(H,29,33)(H,28,31,32). The van der Waals surface area contributed by atoms with Crippen molar-refractivity contribution in [2.75, 3.05) is 5.32 Å². The van der Waals surface area contributed by atoms with E-state index in [1.165, 1.54) is 4.88 Å². The van der Waals surface area contributed by atoms with E-state index < -0.39 is 0 Å². The minimum Gasteiger partial charge on any atom is -0.352 e. The van der Waals surface area contributed by atoms with Crippen molar-refractivity contribution in [1.82, 2.24) is 30.1 Å². The van der Waals surface area contributed by atoms with E-state index in [1.54, 1.807) is 29.9 Å². The summed E-state index contributed by atoms with van der Waals surface area (Å²) in [7, 11) is 0. The molecule has 8 nitrogen and oxygen atoms in total. The van der Waals surface area contributed by atoms with Crippen molar-refractivity contribution in [2.24, 2.45) is 0 Å². The van der Waals surface area contributed by atoms with Crippen molar-refractivity contribution in [3.8, 4) is 33.0 Å². The molecule has 9 heteroatoms. The molecule has 6 heterocycles. The molecule has 1 amide bonds. The van der Waals surface area contributed by atoms with Crippen LogP contribution in [-0.4, -0.2) is 36.0 Å². The Morgan fingerprint density at radius 3 is 2.76 bits per heavy atom. The average molecular weight is 466 g/mol. The Hall–Kier alpha value is -4.37.